The van der Waals surface area contributed by atoms with Gasteiger partial charge in [0.1, 0.15) is 17.1 Å². The minimum absolute atomic E-state index is 0.0854. The van der Waals surface area contributed by atoms with Gasteiger partial charge in [0.05, 0.1) is 13.2 Å². The summed E-state index contributed by atoms with van der Waals surface area (Å²) >= 11 is 12.2. The molecule has 26 heavy (non-hydrogen) atoms. The largest absolute Gasteiger partial charge is 0.379 e. The van der Waals surface area contributed by atoms with E-state index in [1.807, 2.05) is 13.0 Å². The summed E-state index contributed by atoms with van der Waals surface area (Å²) in [7, 11) is -3.51. The molecule has 1 aliphatic rings. The van der Waals surface area contributed by atoms with Crippen molar-refractivity contribution < 1.29 is 18.1 Å². The molecule has 0 radical (unpaired) electrons. The van der Waals surface area contributed by atoms with Crippen LogP contribution >= 0.6 is 23.2 Å². The summed E-state index contributed by atoms with van der Waals surface area (Å²) in [6.45, 7) is 3.54. The van der Waals surface area contributed by atoms with Crippen LogP contribution in [-0.4, -0.2) is 39.0 Å². The third-order valence-corrected chi connectivity index (χ3v) is 6.65. The number of sulfonamides is 1. The first-order valence-corrected chi connectivity index (χ1v) is 10.4. The third-order valence-electron chi connectivity index (χ3n) is 4.19. The Bertz CT molecular complexity index is 869. The number of morpholine rings is 1. The predicted molar refractivity (Wildman–Crippen MR) is 101 cm³/mol. The van der Waals surface area contributed by atoms with Crippen molar-refractivity contribution in [1.29, 1.82) is 0 Å². The molecule has 6 nitrogen and oxygen atoms in total. The van der Waals surface area contributed by atoms with E-state index in [4.69, 9.17) is 27.9 Å². The number of anilines is 1. The van der Waals surface area contributed by atoms with E-state index in [2.05, 4.69) is 10.3 Å². The highest BCUT2D eigenvalue weighted by molar-refractivity contribution is 7.89. The maximum Gasteiger partial charge on any atom is 0.272 e. The topological polar surface area (TPSA) is 72.8 Å². The maximum absolute atomic E-state index is 12.6. The van der Waals surface area contributed by atoms with Gasteiger partial charge in [-0.1, -0.05) is 29.3 Å². The average molecular weight is 417 g/mol. The van der Waals surface area contributed by atoms with Gasteiger partial charge in [0, 0.05) is 34.8 Å². The van der Waals surface area contributed by atoms with Gasteiger partial charge in [0.25, 0.3) is 5.82 Å². The number of rotatable bonds is 5. The number of hydrogen-bond acceptors (Lipinski definition) is 4. The molecule has 1 fully saturated rings. The molecule has 9 heteroatoms. The number of nitrogens with zero attached hydrogens (tertiary/aromatic N) is 1. The number of benzene rings is 1. The Morgan fingerprint density at radius 1 is 1.19 bits per heavy atom. The van der Waals surface area contributed by atoms with Gasteiger partial charge in [-0.05, 0) is 25.1 Å². The number of hydrogen-bond donors (Lipinski definition) is 1. The summed E-state index contributed by atoms with van der Waals surface area (Å²) in [5, 5.41) is 4.42. The van der Waals surface area contributed by atoms with Crippen LogP contribution in [0.3, 0.4) is 0 Å². The molecule has 0 aliphatic carbocycles. The SMILES string of the molecule is C[C@H](Nc1ccc(S(=O)(=O)N2CCOCC2)c[nH+]1)c1ccc(Cl)cc1Cl. The Labute approximate surface area is 163 Å². The van der Waals surface area contributed by atoms with Gasteiger partial charge in [-0.25, -0.2) is 13.4 Å². The lowest BCUT2D eigenvalue weighted by molar-refractivity contribution is -0.364. The van der Waals surface area contributed by atoms with Crippen LogP contribution in [0.2, 0.25) is 10.0 Å². The Morgan fingerprint density at radius 3 is 2.54 bits per heavy atom. The summed E-state index contributed by atoms with van der Waals surface area (Å²) in [5.74, 6) is 0.685. The molecular formula is C17H20Cl2N3O3S+. The molecule has 1 aromatic heterocycles. The lowest BCUT2D eigenvalue weighted by Crippen LogP contribution is -2.40. The van der Waals surface area contributed by atoms with Crippen LogP contribution in [0, 0.1) is 0 Å². The van der Waals surface area contributed by atoms with Crippen LogP contribution in [0.15, 0.2) is 41.4 Å². The van der Waals surface area contributed by atoms with Crippen LogP contribution in [0.4, 0.5) is 5.82 Å². The van der Waals surface area contributed by atoms with Crippen molar-refractivity contribution in [2.24, 2.45) is 0 Å². The Kier molecular flexibility index (Phi) is 6.04. The highest BCUT2D eigenvalue weighted by Crippen LogP contribution is 2.27. The van der Waals surface area contributed by atoms with Crippen molar-refractivity contribution in [2.75, 3.05) is 31.6 Å². The Balaban J connectivity index is 1.73. The highest BCUT2D eigenvalue weighted by Gasteiger charge is 2.27. The highest BCUT2D eigenvalue weighted by atomic mass is 35.5. The zero-order valence-electron chi connectivity index (χ0n) is 14.2. The van der Waals surface area contributed by atoms with E-state index in [0.29, 0.717) is 42.2 Å². The zero-order valence-corrected chi connectivity index (χ0v) is 16.5. The van der Waals surface area contributed by atoms with E-state index in [9.17, 15) is 8.42 Å². The molecule has 3 rings (SSSR count). The summed E-state index contributed by atoms with van der Waals surface area (Å²) in [4.78, 5) is 3.22. The van der Waals surface area contributed by atoms with Crippen LogP contribution in [0.1, 0.15) is 18.5 Å². The minimum atomic E-state index is -3.51. The predicted octanol–water partition coefficient (Wildman–Crippen LogP) is 3.00. The molecule has 0 amide bonds. The first kappa shape index (κ1) is 19.4. The zero-order chi connectivity index (χ0) is 18.7. The Morgan fingerprint density at radius 2 is 1.92 bits per heavy atom. The van der Waals surface area contributed by atoms with Gasteiger partial charge in [-0.2, -0.15) is 4.31 Å². The van der Waals surface area contributed by atoms with Crippen LogP contribution in [-0.2, 0) is 14.8 Å². The molecule has 1 aromatic carbocycles. The van der Waals surface area contributed by atoms with E-state index in [0.717, 1.165) is 5.56 Å². The maximum atomic E-state index is 12.6. The number of H-pyrrole nitrogens is 1. The summed E-state index contributed by atoms with van der Waals surface area (Å²) < 4.78 is 31.9. The number of aromatic nitrogens is 1. The quantitative estimate of drug-likeness (QED) is 0.812. The molecular weight excluding hydrogens is 397 g/mol. The van der Waals surface area contributed by atoms with E-state index < -0.39 is 10.0 Å². The molecule has 0 unspecified atom stereocenters. The first-order chi connectivity index (χ1) is 12.4. The van der Waals surface area contributed by atoms with Crippen molar-refractivity contribution >= 4 is 39.0 Å². The van der Waals surface area contributed by atoms with Gasteiger partial charge in [-0.15, -0.1) is 0 Å². The molecule has 1 saturated heterocycles. The Hall–Kier alpha value is -1.38. The fourth-order valence-corrected chi connectivity index (χ4v) is 4.71. The van der Waals surface area contributed by atoms with Gasteiger partial charge >= 0.3 is 0 Å². The van der Waals surface area contributed by atoms with Crippen LogP contribution in [0.5, 0.6) is 0 Å². The molecule has 2 N–H and O–H groups in total. The molecule has 0 spiro atoms. The van der Waals surface area contributed by atoms with Crippen molar-refractivity contribution in [1.82, 2.24) is 4.31 Å². The smallest absolute Gasteiger partial charge is 0.272 e. The van der Waals surface area contributed by atoms with Crippen molar-refractivity contribution in [2.45, 2.75) is 17.9 Å². The fraction of sp³-hybridized carbons (Fsp3) is 0.353. The number of aromatic amines is 1. The average Bonchev–Trinajstić information content (AvgIpc) is 2.63. The second-order valence-electron chi connectivity index (χ2n) is 5.99. The molecule has 0 bridgehead atoms. The van der Waals surface area contributed by atoms with E-state index in [1.165, 1.54) is 10.5 Å². The normalized spacial score (nSPS) is 17.0. The van der Waals surface area contributed by atoms with E-state index in [-0.39, 0.29) is 10.9 Å². The summed E-state index contributed by atoms with van der Waals surface area (Å²) in [5.41, 5.74) is 0.898. The van der Waals surface area contributed by atoms with Crippen molar-refractivity contribution in [3.8, 4) is 0 Å². The van der Waals surface area contributed by atoms with Gasteiger partial charge in [0.15, 0.2) is 0 Å². The minimum Gasteiger partial charge on any atom is -0.379 e. The lowest BCUT2D eigenvalue weighted by atomic mass is 10.1. The molecule has 0 saturated carbocycles. The number of ether oxygens (including phenoxy) is 1. The van der Waals surface area contributed by atoms with Gasteiger partial charge in [-0.3, -0.25) is 5.32 Å². The van der Waals surface area contributed by atoms with Crippen LogP contribution < -0.4 is 10.3 Å². The second kappa shape index (κ2) is 8.10. The number of halogens is 2. The second-order valence-corrected chi connectivity index (χ2v) is 8.77. The number of nitrogens with one attached hydrogen (secondary N) is 2. The first-order valence-electron chi connectivity index (χ1n) is 8.19. The molecule has 1 atom stereocenters. The third kappa shape index (κ3) is 4.29. The standard InChI is InChI=1S/C17H19Cl2N3O3S/c1-12(15-4-2-13(18)10-16(15)19)21-17-5-3-14(11-20-17)26(23,24)22-6-8-25-9-7-22/h2-5,10-12H,6-9H2,1H3,(H,20,21)/p+1/t12-/m0/s1. The molecule has 1 aliphatic heterocycles. The number of pyridine rings is 1. The fourth-order valence-electron chi connectivity index (χ4n) is 2.76. The molecule has 2 aromatic rings. The van der Waals surface area contributed by atoms with Gasteiger partial charge < -0.3 is 4.74 Å². The van der Waals surface area contributed by atoms with Gasteiger partial charge in [0.2, 0.25) is 10.0 Å². The van der Waals surface area contributed by atoms with Crippen LogP contribution in [0.25, 0.3) is 0 Å². The van der Waals surface area contributed by atoms with E-state index in [1.54, 1.807) is 24.3 Å². The summed E-state index contributed by atoms with van der Waals surface area (Å²) in [6.07, 6.45) is 1.49. The molecule has 2 heterocycles. The lowest BCUT2D eigenvalue weighted by Gasteiger charge is -2.25. The van der Waals surface area contributed by atoms with E-state index >= 15 is 0 Å². The van der Waals surface area contributed by atoms with Crippen molar-refractivity contribution in [3.63, 3.8) is 0 Å². The van der Waals surface area contributed by atoms with Crippen molar-refractivity contribution in [3.05, 3.63) is 52.1 Å². The summed E-state index contributed by atoms with van der Waals surface area (Å²) in [6, 6.07) is 8.53. The molecule has 140 valence electrons. The monoisotopic (exact) mass is 416 g/mol.